The van der Waals surface area contributed by atoms with E-state index >= 15 is 0 Å². The van der Waals surface area contributed by atoms with Crippen LogP contribution >= 0.6 is 15.9 Å². The van der Waals surface area contributed by atoms with Crippen molar-refractivity contribution in [3.05, 3.63) is 16.4 Å². The summed E-state index contributed by atoms with van der Waals surface area (Å²) >= 11 is 3.24. The molecule has 3 nitrogen and oxygen atoms in total. The summed E-state index contributed by atoms with van der Waals surface area (Å²) in [6.45, 7) is 0. The highest BCUT2D eigenvalue weighted by molar-refractivity contribution is 9.10. The Morgan fingerprint density at radius 3 is 3.00 bits per heavy atom. The summed E-state index contributed by atoms with van der Waals surface area (Å²) in [6.07, 6.45) is 2.24. The first-order valence-electron chi connectivity index (χ1n) is 2.79. The van der Waals surface area contributed by atoms with Crippen molar-refractivity contribution in [2.45, 2.75) is 6.42 Å². The minimum Gasteiger partial charge on any atom is -0.274 e. The molecular formula is C6H6BrN3. The molecule has 0 amide bonds. The lowest BCUT2D eigenvalue weighted by atomic mass is 10.3. The van der Waals surface area contributed by atoms with Crippen LogP contribution in [0.5, 0.6) is 0 Å². The van der Waals surface area contributed by atoms with Gasteiger partial charge in [0.2, 0.25) is 0 Å². The van der Waals surface area contributed by atoms with Gasteiger partial charge in [-0.05, 0) is 15.9 Å². The molecule has 0 saturated carbocycles. The second kappa shape index (κ2) is 2.84. The molecule has 1 aromatic heterocycles. The van der Waals surface area contributed by atoms with Crippen molar-refractivity contribution in [3.8, 4) is 6.07 Å². The molecule has 4 heteroatoms. The fourth-order valence-corrected chi connectivity index (χ4v) is 1.21. The zero-order chi connectivity index (χ0) is 7.56. The molecule has 1 rings (SSSR count). The summed E-state index contributed by atoms with van der Waals surface area (Å²) < 4.78 is 2.44. The molecule has 0 spiro atoms. The zero-order valence-electron chi connectivity index (χ0n) is 5.50. The van der Waals surface area contributed by atoms with Gasteiger partial charge < -0.3 is 0 Å². The highest BCUT2D eigenvalue weighted by Crippen LogP contribution is 2.13. The number of halogens is 1. The van der Waals surface area contributed by atoms with Crippen LogP contribution in [0.1, 0.15) is 5.56 Å². The first-order chi connectivity index (χ1) is 4.74. The summed E-state index contributed by atoms with van der Waals surface area (Å²) in [4.78, 5) is 0. The van der Waals surface area contributed by atoms with E-state index in [9.17, 15) is 0 Å². The second-order valence-corrected chi connectivity index (χ2v) is 2.70. The summed E-state index contributed by atoms with van der Waals surface area (Å²) in [5.41, 5.74) is 0.935. The van der Waals surface area contributed by atoms with Gasteiger partial charge in [-0.15, -0.1) is 0 Å². The molecule has 0 aromatic carbocycles. The number of nitrogens with zero attached hydrogens (tertiary/aromatic N) is 3. The highest BCUT2D eigenvalue weighted by Gasteiger charge is 2.01. The normalized spacial score (nSPS) is 9.30. The van der Waals surface area contributed by atoms with E-state index in [1.54, 1.807) is 4.68 Å². The van der Waals surface area contributed by atoms with Crippen LogP contribution in [0, 0.1) is 11.3 Å². The SMILES string of the molecule is Cn1cc(CC#N)c(Br)n1. The Morgan fingerprint density at radius 1 is 1.90 bits per heavy atom. The summed E-state index contributed by atoms with van der Waals surface area (Å²) in [6, 6.07) is 2.05. The average molecular weight is 200 g/mol. The lowest BCUT2D eigenvalue weighted by molar-refractivity contribution is 0.760. The van der Waals surface area contributed by atoms with Crippen LogP contribution in [0.15, 0.2) is 10.8 Å². The van der Waals surface area contributed by atoms with Crippen molar-refractivity contribution in [2.24, 2.45) is 7.05 Å². The smallest absolute Gasteiger partial charge is 0.132 e. The van der Waals surface area contributed by atoms with Gasteiger partial charge in [-0.1, -0.05) is 0 Å². The van der Waals surface area contributed by atoms with Gasteiger partial charge >= 0.3 is 0 Å². The van der Waals surface area contributed by atoms with E-state index in [0.717, 1.165) is 10.2 Å². The Hall–Kier alpha value is -0.820. The van der Waals surface area contributed by atoms with E-state index in [2.05, 4.69) is 27.1 Å². The Kier molecular flexibility index (Phi) is 2.07. The van der Waals surface area contributed by atoms with Crippen LogP contribution in [-0.2, 0) is 13.5 Å². The van der Waals surface area contributed by atoms with Crippen molar-refractivity contribution < 1.29 is 0 Å². The summed E-state index contributed by atoms with van der Waals surface area (Å²) in [5, 5.41) is 12.4. The van der Waals surface area contributed by atoms with E-state index in [-0.39, 0.29) is 0 Å². The number of hydrogen-bond acceptors (Lipinski definition) is 2. The molecule has 1 aromatic rings. The van der Waals surface area contributed by atoms with Gasteiger partial charge in [0, 0.05) is 18.8 Å². The maximum Gasteiger partial charge on any atom is 0.132 e. The van der Waals surface area contributed by atoms with Crippen molar-refractivity contribution in [1.29, 1.82) is 5.26 Å². The van der Waals surface area contributed by atoms with Crippen molar-refractivity contribution in [2.75, 3.05) is 0 Å². The maximum absolute atomic E-state index is 8.35. The molecule has 10 heavy (non-hydrogen) atoms. The molecule has 0 N–H and O–H groups in total. The van der Waals surface area contributed by atoms with Crippen molar-refractivity contribution >= 4 is 15.9 Å². The third-order valence-corrected chi connectivity index (χ3v) is 1.79. The van der Waals surface area contributed by atoms with E-state index in [4.69, 9.17) is 5.26 Å². The van der Waals surface area contributed by atoms with E-state index in [0.29, 0.717) is 6.42 Å². The molecule has 0 fully saturated rings. The summed E-state index contributed by atoms with van der Waals surface area (Å²) in [5.74, 6) is 0. The Labute approximate surface area is 67.4 Å². The van der Waals surface area contributed by atoms with Gasteiger partial charge in [-0.3, -0.25) is 4.68 Å². The van der Waals surface area contributed by atoms with Crippen LogP contribution < -0.4 is 0 Å². The fourth-order valence-electron chi connectivity index (χ4n) is 0.714. The quantitative estimate of drug-likeness (QED) is 0.684. The van der Waals surface area contributed by atoms with Crippen molar-refractivity contribution in [1.82, 2.24) is 9.78 Å². The third kappa shape index (κ3) is 1.36. The van der Waals surface area contributed by atoms with Crippen LogP contribution in [0.25, 0.3) is 0 Å². The first-order valence-corrected chi connectivity index (χ1v) is 3.58. The van der Waals surface area contributed by atoms with Gasteiger partial charge in [0.1, 0.15) is 4.60 Å². The number of aryl methyl sites for hydroxylation is 1. The molecule has 0 saturated heterocycles. The molecule has 0 aliphatic carbocycles. The Morgan fingerprint density at radius 2 is 2.60 bits per heavy atom. The number of rotatable bonds is 1. The van der Waals surface area contributed by atoms with E-state index in [1.165, 1.54) is 0 Å². The predicted octanol–water partition coefficient (Wildman–Crippen LogP) is 1.25. The van der Waals surface area contributed by atoms with Crippen LogP contribution in [-0.4, -0.2) is 9.78 Å². The third-order valence-electron chi connectivity index (χ3n) is 1.12. The molecule has 0 aliphatic heterocycles. The van der Waals surface area contributed by atoms with Crippen LogP contribution in [0.2, 0.25) is 0 Å². The molecule has 0 atom stereocenters. The van der Waals surface area contributed by atoms with E-state index in [1.807, 2.05) is 13.2 Å². The average Bonchev–Trinajstić information content (AvgIpc) is 2.13. The topological polar surface area (TPSA) is 41.6 Å². The Balaban J connectivity index is 2.94. The molecule has 1 heterocycles. The lowest BCUT2D eigenvalue weighted by Gasteiger charge is -1.81. The number of nitriles is 1. The molecular weight excluding hydrogens is 194 g/mol. The monoisotopic (exact) mass is 199 g/mol. The van der Waals surface area contributed by atoms with E-state index < -0.39 is 0 Å². The van der Waals surface area contributed by atoms with Gasteiger partial charge in [0.15, 0.2) is 0 Å². The number of aromatic nitrogens is 2. The van der Waals surface area contributed by atoms with Crippen LogP contribution in [0.4, 0.5) is 0 Å². The Bertz CT molecular complexity index is 271. The fraction of sp³-hybridized carbons (Fsp3) is 0.333. The molecule has 0 unspecified atom stereocenters. The van der Waals surface area contributed by atoms with Gasteiger partial charge in [-0.2, -0.15) is 10.4 Å². The minimum atomic E-state index is 0.411. The lowest BCUT2D eigenvalue weighted by Crippen LogP contribution is -1.84. The zero-order valence-corrected chi connectivity index (χ0v) is 7.09. The van der Waals surface area contributed by atoms with Gasteiger partial charge in [0.05, 0.1) is 12.5 Å². The standard InChI is InChI=1S/C6H6BrN3/c1-10-4-5(2-3-8)6(7)9-10/h4H,2H2,1H3. The highest BCUT2D eigenvalue weighted by atomic mass is 79.9. The maximum atomic E-state index is 8.35. The summed E-state index contributed by atoms with van der Waals surface area (Å²) in [7, 11) is 1.83. The molecule has 52 valence electrons. The molecule has 0 radical (unpaired) electrons. The van der Waals surface area contributed by atoms with Gasteiger partial charge in [-0.25, -0.2) is 0 Å². The molecule has 0 bridgehead atoms. The first kappa shape index (κ1) is 7.29. The largest absolute Gasteiger partial charge is 0.274 e. The van der Waals surface area contributed by atoms with Gasteiger partial charge in [0.25, 0.3) is 0 Å². The number of hydrogen-bond donors (Lipinski definition) is 0. The molecule has 0 aliphatic rings. The van der Waals surface area contributed by atoms with Crippen molar-refractivity contribution in [3.63, 3.8) is 0 Å². The predicted molar refractivity (Wildman–Crippen MR) is 40.2 cm³/mol. The second-order valence-electron chi connectivity index (χ2n) is 1.95. The van der Waals surface area contributed by atoms with Crippen LogP contribution in [0.3, 0.4) is 0 Å². The minimum absolute atomic E-state index is 0.411.